The molecule has 9 heteroatoms. The van der Waals surface area contributed by atoms with E-state index in [2.05, 4.69) is 23.2 Å². The number of carbonyl (C=O) groups is 1. The molecule has 0 bridgehead atoms. The van der Waals surface area contributed by atoms with Crippen molar-refractivity contribution in [3.63, 3.8) is 0 Å². The average molecular weight is 460 g/mol. The molecule has 0 radical (unpaired) electrons. The van der Waals surface area contributed by atoms with Crippen molar-refractivity contribution in [3.8, 4) is 5.75 Å². The minimum absolute atomic E-state index is 0.0115. The second kappa shape index (κ2) is 9.74. The van der Waals surface area contributed by atoms with Gasteiger partial charge in [0.1, 0.15) is 0 Å². The summed E-state index contributed by atoms with van der Waals surface area (Å²) in [6.07, 6.45) is 0.302. The summed E-state index contributed by atoms with van der Waals surface area (Å²) in [4.78, 5) is 15.9. The number of para-hydroxylation sites is 2. The number of nitrogens with zero attached hydrogens (tertiary/aromatic N) is 3. The fourth-order valence-corrected chi connectivity index (χ4v) is 4.93. The van der Waals surface area contributed by atoms with E-state index in [0.29, 0.717) is 11.8 Å². The highest BCUT2D eigenvalue weighted by molar-refractivity contribution is 8.00. The average Bonchev–Trinajstić information content (AvgIpc) is 3.17. The molecule has 6 nitrogen and oxygen atoms in total. The van der Waals surface area contributed by atoms with Gasteiger partial charge in [-0.2, -0.15) is 0 Å². The number of hydrogen-bond acceptors (Lipinski definition) is 7. The van der Waals surface area contributed by atoms with Gasteiger partial charge in [0.05, 0.1) is 11.4 Å². The zero-order valence-corrected chi connectivity index (χ0v) is 18.8. The number of thioether (sulfide) groups is 2. The van der Waals surface area contributed by atoms with Crippen LogP contribution in [0.5, 0.6) is 5.75 Å². The molecule has 4 rings (SSSR count). The Morgan fingerprint density at radius 2 is 2.06 bits per heavy atom. The van der Waals surface area contributed by atoms with E-state index < -0.39 is 11.9 Å². The van der Waals surface area contributed by atoms with Gasteiger partial charge >= 0.3 is 0 Å². The third kappa shape index (κ3) is 5.22. The number of aromatic nitrogens is 2. The molecule has 0 saturated carbocycles. The normalized spacial score (nSPS) is 17.0. The van der Waals surface area contributed by atoms with E-state index in [0.717, 1.165) is 17.0 Å². The summed E-state index contributed by atoms with van der Waals surface area (Å²) in [5, 5.41) is 8.69. The summed E-state index contributed by atoms with van der Waals surface area (Å²) in [7, 11) is 0. The van der Waals surface area contributed by atoms with Gasteiger partial charge in [-0.25, -0.2) is 4.39 Å². The number of fused-ring (bicyclic) bond motifs is 1. The molecule has 1 aliphatic heterocycles. The van der Waals surface area contributed by atoms with Crippen LogP contribution in [0.15, 0.2) is 63.1 Å². The Balaban J connectivity index is 1.38. The predicted octanol–water partition coefficient (Wildman–Crippen LogP) is 5.36. The van der Waals surface area contributed by atoms with E-state index in [9.17, 15) is 9.18 Å². The standard InChI is InChI=1S/C22H22FN3O3S2/c1-14-11-12-26(17-8-4-6-10-19(17)31-14)20(27)13-30-22-25-24-21(29-22)15(2)28-18-9-5-3-7-16(18)23/h3-10,14-15H,11-13H2,1-2H3. The van der Waals surface area contributed by atoms with Gasteiger partial charge in [-0.1, -0.05) is 43.0 Å². The molecular weight excluding hydrogens is 437 g/mol. The number of rotatable bonds is 6. The Kier molecular flexibility index (Phi) is 6.82. The number of ether oxygens (including phenoxy) is 1. The van der Waals surface area contributed by atoms with E-state index in [-0.39, 0.29) is 28.5 Å². The Morgan fingerprint density at radius 1 is 1.29 bits per heavy atom. The Bertz CT molecular complexity index is 1060. The lowest BCUT2D eigenvalue weighted by atomic mass is 10.2. The molecule has 31 heavy (non-hydrogen) atoms. The number of anilines is 1. The van der Waals surface area contributed by atoms with Crippen LogP contribution in [0.1, 0.15) is 32.3 Å². The molecule has 1 aliphatic rings. The van der Waals surface area contributed by atoms with E-state index in [4.69, 9.17) is 9.15 Å². The van der Waals surface area contributed by atoms with E-state index in [1.165, 1.54) is 23.9 Å². The Morgan fingerprint density at radius 3 is 2.90 bits per heavy atom. The van der Waals surface area contributed by atoms with E-state index >= 15 is 0 Å². The third-order valence-electron chi connectivity index (χ3n) is 4.77. The van der Waals surface area contributed by atoms with E-state index in [1.807, 2.05) is 23.1 Å². The van der Waals surface area contributed by atoms with Crippen LogP contribution in [0.3, 0.4) is 0 Å². The van der Waals surface area contributed by atoms with Crippen molar-refractivity contribution in [2.45, 2.75) is 41.7 Å². The molecule has 0 saturated heterocycles. The van der Waals surface area contributed by atoms with Crippen LogP contribution < -0.4 is 9.64 Å². The van der Waals surface area contributed by atoms with Gasteiger partial charge in [-0.05, 0) is 37.6 Å². The van der Waals surface area contributed by atoms with Crippen molar-refractivity contribution in [2.75, 3.05) is 17.2 Å². The first kappa shape index (κ1) is 21.7. The second-order valence-electron chi connectivity index (χ2n) is 7.12. The molecule has 3 aromatic rings. The Hall–Kier alpha value is -2.52. The van der Waals surface area contributed by atoms with Gasteiger partial charge in [-0.3, -0.25) is 4.79 Å². The highest BCUT2D eigenvalue weighted by Gasteiger charge is 2.25. The largest absolute Gasteiger partial charge is 0.478 e. The number of hydrogen-bond donors (Lipinski definition) is 0. The predicted molar refractivity (Wildman–Crippen MR) is 119 cm³/mol. The van der Waals surface area contributed by atoms with Crippen LogP contribution in [-0.4, -0.2) is 33.7 Å². The molecule has 2 atom stereocenters. The maximum Gasteiger partial charge on any atom is 0.277 e. The first-order valence-electron chi connectivity index (χ1n) is 9.94. The van der Waals surface area contributed by atoms with Crippen molar-refractivity contribution in [3.05, 3.63) is 60.2 Å². The molecule has 2 unspecified atom stereocenters. The van der Waals surface area contributed by atoms with Crippen molar-refractivity contribution in [2.24, 2.45) is 0 Å². The molecule has 0 N–H and O–H groups in total. The van der Waals surface area contributed by atoms with E-state index in [1.54, 1.807) is 30.8 Å². The van der Waals surface area contributed by atoms with Gasteiger partial charge in [0.2, 0.25) is 5.91 Å². The highest BCUT2D eigenvalue weighted by atomic mass is 32.2. The summed E-state index contributed by atoms with van der Waals surface area (Å²) in [5.74, 6) is 0.0484. The van der Waals surface area contributed by atoms with Crippen molar-refractivity contribution in [1.82, 2.24) is 10.2 Å². The molecule has 1 amide bonds. The van der Waals surface area contributed by atoms with Gasteiger partial charge in [0.15, 0.2) is 17.7 Å². The van der Waals surface area contributed by atoms with Crippen LogP contribution in [-0.2, 0) is 4.79 Å². The Labute approximate surface area is 188 Å². The first-order valence-corrected chi connectivity index (χ1v) is 11.8. The smallest absolute Gasteiger partial charge is 0.277 e. The van der Waals surface area contributed by atoms with Crippen LogP contribution in [0.4, 0.5) is 10.1 Å². The molecule has 0 fully saturated rings. The maximum absolute atomic E-state index is 13.8. The zero-order valence-electron chi connectivity index (χ0n) is 17.2. The summed E-state index contributed by atoms with van der Waals surface area (Å²) < 4.78 is 25.0. The SMILES string of the molecule is CC1CCN(C(=O)CSc2nnc(C(C)Oc3ccccc3F)o2)c2ccccc2S1. The summed E-state index contributed by atoms with van der Waals surface area (Å²) >= 11 is 2.98. The molecule has 0 spiro atoms. The van der Waals surface area contributed by atoms with Gasteiger partial charge in [0.25, 0.3) is 11.1 Å². The lowest BCUT2D eigenvalue weighted by Gasteiger charge is -2.22. The topological polar surface area (TPSA) is 68.5 Å². The fraction of sp³-hybridized carbons (Fsp3) is 0.318. The van der Waals surface area contributed by atoms with Crippen LogP contribution in [0.2, 0.25) is 0 Å². The van der Waals surface area contributed by atoms with Gasteiger partial charge in [-0.15, -0.1) is 22.0 Å². The monoisotopic (exact) mass is 459 g/mol. The lowest BCUT2D eigenvalue weighted by Crippen LogP contribution is -2.33. The molecule has 1 aromatic heterocycles. The van der Waals surface area contributed by atoms with Crippen LogP contribution in [0.25, 0.3) is 0 Å². The van der Waals surface area contributed by atoms with Gasteiger partial charge < -0.3 is 14.1 Å². The number of halogens is 1. The molecule has 162 valence electrons. The summed E-state index contributed by atoms with van der Waals surface area (Å²) in [6, 6.07) is 14.1. The summed E-state index contributed by atoms with van der Waals surface area (Å²) in [5.41, 5.74) is 0.945. The molecular formula is C22H22FN3O3S2. The molecule has 0 aliphatic carbocycles. The quantitative estimate of drug-likeness (QED) is 0.460. The fourth-order valence-electron chi connectivity index (χ4n) is 3.17. The van der Waals surface area contributed by atoms with Gasteiger partial charge in [0, 0.05) is 16.7 Å². The maximum atomic E-state index is 13.8. The van der Waals surface area contributed by atoms with Crippen LogP contribution in [0, 0.1) is 5.82 Å². The summed E-state index contributed by atoms with van der Waals surface area (Å²) in [6.45, 7) is 4.55. The lowest BCUT2D eigenvalue weighted by molar-refractivity contribution is -0.116. The minimum Gasteiger partial charge on any atom is -0.478 e. The number of benzene rings is 2. The van der Waals surface area contributed by atoms with Crippen LogP contribution >= 0.6 is 23.5 Å². The third-order valence-corrected chi connectivity index (χ3v) is 6.81. The molecule has 2 heterocycles. The van der Waals surface area contributed by atoms with Crippen molar-refractivity contribution >= 4 is 35.1 Å². The second-order valence-corrected chi connectivity index (χ2v) is 9.52. The number of carbonyl (C=O) groups excluding carboxylic acids is 1. The zero-order chi connectivity index (χ0) is 21.8. The number of amides is 1. The minimum atomic E-state index is -0.620. The first-order chi connectivity index (χ1) is 15.0. The molecule has 2 aromatic carbocycles. The van der Waals surface area contributed by atoms with Crippen molar-refractivity contribution in [1.29, 1.82) is 0 Å². The highest BCUT2D eigenvalue weighted by Crippen LogP contribution is 2.37. The van der Waals surface area contributed by atoms with Crippen molar-refractivity contribution < 1.29 is 18.3 Å².